The van der Waals surface area contributed by atoms with Gasteiger partial charge in [-0.25, -0.2) is 0 Å². The van der Waals surface area contributed by atoms with E-state index in [1.165, 1.54) is 10.7 Å². The minimum absolute atomic E-state index is 0.235. The van der Waals surface area contributed by atoms with Crippen LogP contribution in [-0.2, 0) is 10.2 Å². The molecule has 0 aliphatic carbocycles. The molecule has 0 N–H and O–H groups in total. The molecule has 2 aliphatic heterocycles. The van der Waals surface area contributed by atoms with Gasteiger partial charge in [0.15, 0.2) is 0 Å². The first-order chi connectivity index (χ1) is 8.55. The van der Waals surface area contributed by atoms with Crippen molar-refractivity contribution in [3.05, 3.63) is 0 Å². The number of fused-ring (bicyclic) bond motifs is 1. The third kappa shape index (κ3) is 2.67. The minimum Gasteiger partial charge on any atom is -0.298 e. The molecule has 0 saturated carbocycles. The van der Waals surface area contributed by atoms with Gasteiger partial charge in [-0.05, 0) is 19.4 Å². The van der Waals surface area contributed by atoms with Gasteiger partial charge < -0.3 is 0 Å². The SMILES string of the molecule is CN(CCC#N)S(=O)(=O)N1CCN2CCC[C@H]2C1. The van der Waals surface area contributed by atoms with Crippen LogP contribution >= 0.6 is 0 Å². The van der Waals surface area contributed by atoms with Crippen LogP contribution in [0.3, 0.4) is 0 Å². The molecule has 2 heterocycles. The van der Waals surface area contributed by atoms with Crippen LogP contribution < -0.4 is 0 Å². The highest BCUT2D eigenvalue weighted by Gasteiger charge is 2.36. The van der Waals surface area contributed by atoms with Crippen molar-refractivity contribution in [3.8, 4) is 6.07 Å². The second-order valence-corrected chi connectivity index (χ2v) is 6.96. The standard InChI is InChI=1S/C11H20N4O2S/c1-13(6-3-5-12)18(16,17)15-9-8-14-7-2-4-11(14)10-15/h11H,2-4,6-10H2,1H3/t11-/m0/s1. The van der Waals surface area contributed by atoms with Crippen molar-refractivity contribution in [2.75, 3.05) is 39.8 Å². The molecule has 6 nitrogen and oxygen atoms in total. The first kappa shape index (κ1) is 13.7. The molecule has 2 saturated heterocycles. The van der Waals surface area contributed by atoms with Crippen LogP contribution in [0, 0.1) is 11.3 Å². The Bertz CT molecular complexity index is 431. The predicted octanol–water partition coefficient (Wildman–Crippen LogP) is -0.143. The Morgan fingerprint density at radius 1 is 1.39 bits per heavy atom. The van der Waals surface area contributed by atoms with Crippen molar-refractivity contribution in [1.29, 1.82) is 5.26 Å². The Kier molecular flexibility index (Phi) is 4.22. The summed E-state index contributed by atoms with van der Waals surface area (Å²) in [7, 11) is -1.83. The maximum Gasteiger partial charge on any atom is 0.281 e. The second-order valence-electron chi connectivity index (χ2n) is 4.93. The van der Waals surface area contributed by atoms with Crippen LogP contribution in [0.15, 0.2) is 0 Å². The van der Waals surface area contributed by atoms with E-state index in [4.69, 9.17) is 5.26 Å². The number of nitriles is 1. The summed E-state index contributed by atoms with van der Waals surface area (Å²) >= 11 is 0. The van der Waals surface area contributed by atoms with E-state index >= 15 is 0 Å². The fraction of sp³-hybridized carbons (Fsp3) is 0.909. The summed E-state index contributed by atoms with van der Waals surface area (Å²) in [5.74, 6) is 0. The fourth-order valence-corrected chi connectivity index (χ4v) is 4.08. The van der Waals surface area contributed by atoms with Crippen LogP contribution in [0.5, 0.6) is 0 Å². The molecule has 0 unspecified atom stereocenters. The molecule has 0 aromatic rings. The van der Waals surface area contributed by atoms with Gasteiger partial charge in [0.2, 0.25) is 0 Å². The van der Waals surface area contributed by atoms with Gasteiger partial charge >= 0.3 is 0 Å². The Morgan fingerprint density at radius 3 is 2.89 bits per heavy atom. The normalized spacial score (nSPS) is 26.2. The first-order valence-electron chi connectivity index (χ1n) is 6.38. The van der Waals surface area contributed by atoms with Crippen LogP contribution in [-0.4, -0.2) is 67.7 Å². The molecule has 18 heavy (non-hydrogen) atoms. The maximum absolute atomic E-state index is 12.3. The predicted molar refractivity (Wildman–Crippen MR) is 67.9 cm³/mol. The van der Waals surface area contributed by atoms with Crippen molar-refractivity contribution in [1.82, 2.24) is 13.5 Å². The van der Waals surface area contributed by atoms with Crippen LogP contribution in [0.2, 0.25) is 0 Å². The molecule has 0 spiro atoms. The van der Waals surface area contributed by atoms with Gasteiger partial charge in [0.1, 0.15) is 0 Å². The molecule has 2 fully saturated rings. The zero-order valence-electron chi connectivity index (χ0n) is 10.7. The van der Waals surface area contributed by atoms with E-state index in [0.29, 0.717) is 19.1 Å². The van der Waals surface area contributed by atoms with Gasteiger partial charge in [-0.2, -0.15) is 22.3 Å². The zero-order valence-corrected chi connectivity index (χ0v) is 11.6. The van der Waals surface area contributed by atoms with E-state index in [1.54, 1.807) is 11.4 Å². The second kappa shape index (κ2) is 5.53. The van der Waals surface area contributed by atoms with E-state index in [-0.39, 0.29) is 13.0 Å². The Labute approximate surface area is 109 Å². The van der Waals surface area contributed by atoms with E-state index in [9.17, 15) is 8.42 Å². The lowest BCUT2D eigenvalue weighted by molar-refractivity contribution is 0.153. The van der Waals surface area contributed by atoms with E-state index in [0.717, 1.165) is 19.5 Å². The molecular weight excluding hydrogens is 252 g/mol. The number of hydrogen-bond acceptors (Lipinski definition) is 4. The third-order valence-corrected chi connectivity index (χ3v) is 5.76. The molecule has 2 aliphatic rings. The highest BCUT2D eigenvalue weighted by Crippen LogP contribution is 2.23. The van der Waals surface area contributed by atoms with Crippen LogP contribution in [0.1, 0.15) is 19.3 Å². The smallest absolute Gasteiger partial charge is 0.281 e. The topological polar surface area (TPSA) is 67.6 Å². The van der Waals surface area contributed by atoms with E-state index in [2.05, 4.69) is 4.90 Å². The monoisotopic (exact) mass is 272 g/mol. The lowest BCUT2D eigenvalue weighted by Crippen LogP contribution is -2.55. The molecule has 0 radical (unpaired) electrons. The largest absolute Gasteiger partial charge is 0.298 e. The number of hydrogen-bond donors (Lipinski definition) is 0. The summed E-state index contributed by atoms with van der Waals surface area (Å²) < 4.78 is 27.5. The minimum atomic E-state index is -3.38. The van der Waals surface area contributed by atoms with Gasteiger partial charge in [0.05, 0.1) is 6.07 Å². The summed E-state index contributed by atoms with van der Waals surface area (Å²) in [6, 6.07) is 2.36. The van der Waals surface area contributed by atoms with Crippen molar-refractivity contribution in [2.45, 2.75) is 25.3 Å². The van der Waals surface area contributed by atoms with Crippen LogP contribution in [0.25, 0.3) is 0 Å². The number of rotatable bonds is 4. The molecule has 0 aromatic carbocycles. The van der Waals surface area contributed by atoms with Gasteiger partial charge in [0.25, 0.3) is 10.2 Å². The van der Waals surface area contributed by atoms with Crippen molar-refractivity contribution < 1.29 is 8.42 Å². The molecule has 0 bridgehead atoms. The summed E-state index contributed by atoms with van der Waals surface area (Å²) in [6.45, 7) is 3.36. The lowest BCUT2D eigenvalue weighted by atomic mass is 10.2. The Morgan fingerprint density at radius 2 is 2.17 bits per heavy atom. The Balaban J connectivity index is 2.00. The average Bonchev–Trinajstić information content (AvgIpc) is 2.82. The first-order valence-corrected chi connectivity index (χ1v) is 7.78. The summed E-state index contributed by atoms with van der Waals surface area (Å²) in [5.41, 5.74) is 0. The highest BCUT2D eigenvalue weighted by atomic mass is 32.2. The molecular formula is C11H20N4O2S. The molecule has 102 valence electrons. The zero-order chi connectivity index (χ0) is 13.2. The lowest BCUT2D eigenvalue weighted by Gasteiger charge is -2.38. The maximum atomic E-state index is 12.3. The highest BCUT2D eigenvalue weighted by molar-refractivity contribution is 7.86. The van der Waals surface area contributed by atoms with Crippen LogP contribution in [0.4, 0.5) is 0 Å². The van der Waals surface area contributed by atoms with Gasteiger partial charge in [-0.1, -0.05) is 0 Å². The van der Waals surface area contributed by atoms with Crippen molar-refractivity contribution >= 4 is 10.2 Å². The molecule has 0 aromatic heterocycles. The summed E-state index contributed by atoms with van der Waals surface area (Å²) in [5, 5.41) is 8.52. The Hall–Kier alpha value is -0.680. The van der Waals surface area contributed by atoms with Crippen molar-refractivity contribution in [2.24, 2.45) is 0 Å². The quantitative estimate of drug-likeness (QED) is 0.714. The summed E-state index contributed by atoms with van der Waals surface area (Å²) in [6.07, 6.45) is 2.50. The third-order valence-electron chi connectivity index (χ3n) is 3.81. The summed E-state index contributed by atoms with van der Waals surface area (Å²) in [4.78, 5) is 2.38. The molecule has 7 heteroatoms. The fourth-order valence-electron chi connectivity index (χ4n) is 2.69. The van der Waals surface area contributed by atoms with Crippen molar-refractivity contribution in [3.63, 3.8) is 0 Å². The molecule has 2 rings (SSSR count). The van der Waals surface area contributed by atoms with E-state index < -0.39 is 10.2 Å². The number of piperazine rings is 1. The number of nitrogens with zero attached hydrogens (tertiary/aromatic N) is 4. The van der Waals surface area contributed by atoms with Gasteiger partial charge in [0, 0.05) is 45.7 Å². The van der Waals surface area contributed by atoms with Gasteiger partial charge in [-0.15, -0.1) is 0 Å². The molecule has 0 amide bonds. The van der Waals surface area contributed by atoms with Gasteiger partial charge in [-0.3, -0.25) is 4.90 Å². The van der Waals surface area contributed by atoms with E-state index in [1.807, 2.05) is 6.07 Å². The molecule has 1 atom stereocenters. The average molecular weight is 272 g/mol.